The van der Waals surface area contributed by atoms with Crippen LogP contribution < -0.4 is 10.2 Å². The van der Waals surface area contributed by atoms with Crippen molar-refractivity contribution in [1.82, 2.24) is 15.2 Å². The number of rotatable bonds is 2. The molecule has 2 aliphatic rings. The highest BCUT2D eigenvalue weighted by molar-refractivity contribution is 7.22. The lowest BCUT2D eigenvalue weighted by atomic mass is 10.2. The molecule has 4 rings (SSSR count). The average Bonchev–Trinajstić information content (AvgIpc) is 3.23. The SMILES string of the molecule is O=C(c1ccc2nc(N3CCNCC3)sc2c1)N1CCCC1. The zero-order valence-electron chi connectivity index (χ0n) is 12.5. The van der Waals surface area contributed by atoms with E-state index in [-0.39, 0.29) is 5.91 Å². The summed E-state index contributed by atoms with van der Waals surface area (Å²) in [6.45, 7) is 5.80. The fraction of sp³-hybridized carbons (Fsp3) is 0.500. The average molecular weight is 316 g/mol. The van der Waals surface area contributed by atoms with Crippen molar-refractivity contribution in [2.75, 3.05) is 44.2 Å². The minimum atomic E-state index is 0.163. The van der Waals surface area contributed by atoms with E-state index in [1.165, 1.54) is 0 Å². The van der Waals surface area contributed by atoms with Crippen LogP contribution in [0.1, 0.15) is 23.2 Å². The van der Waals surface area contributed by atoms with Crippen molar-refractivity contribution in [1.29, 1.82) is 0 Å². The normalized spacial score (nSPS) is 19.1. The molecule has 3 heterocycles. The second kappa shape index (κ2) is 5.85. The van der Waals surface area contributed by atoms with Crippen LogP contribution in [0.4, 0.5) is 5.13 Å². The predicted molar refractivity (Wildman–Crippen MR) is 89.8 cm³/mol. The molecule has 0 spiro atoms. The van der Waals surface area contributed by atoms with Gasteiger partial charge in [0.25, 0.3) is 5.91 Å². The summed E-state index contributed by atoms with van der Waals surface area (Å²) in [5.41, 5.74) is 1.79. The number of nitrogens with one attached hydrogen (secondary N) is 1. The molecule has 2 aliphatic heterocycles. The first-order valence-electron chi connectivity index (χ1n) is 7.97. The van der Waals surface area contributed by atoms with Crippen molar-refractivity contribution >= 4 is 32.6 Å². The molecule has 1 amide bonds. The molecule has 0 atom stereocenters. The summed E-state index contributed by atoms with van der Waals surface area (Å²) in [5.74, 6) is 0.163. The Bertz CT molecular complexity index is 687. The van der Waals surface area contributed by atoms with Crippen LogP contribution in [0, 0.1) is 0 Å². The highest BCUT2D eigenvalue weighted by Crippen LogP contribution is 2.30. The molecular formula is C16H20N4OS. The molecule has 1 N–H and O–H groups in total. The van der Waals surface area contributed by atoms with Crippen molar-refractivity contribution in [3.63, 3.8) is 0 Å². The predicted octanol–water partition coefficient (Wildman–Crippen LogP) is 1.94. The van der Waals surface area contributed by atoms with Crippen LogP contribution in [0.2, 0.25) is 0 Å². The Hall–Kier alpha value is -1.66. The van der Waals surface area contributed by atoms with Gasteiger partial charge in [0.15, 0.2) is 5.13 Å². The van der Waals surface area contributed by atoms with Crippen LogP contribution in [-0.2, 0) is 0 Å². The van der Waals surface area contributed by atoms with E-state index in [1.54, 1.807) is 11.3 Å². The Kier molecular flexibility index (Phi) is 3.72. The summed E-state index contributed by atoms with van der Waals surface area (Å²) in [6.07, 6.45) is 2.25. The Labute approximate surface area is 133 Å². The van der Waals surface area contributed by atoms with E-state index in [2.05, 4.69) is 10.2 Å². The van der Waals surface area contributed by atoms with Crippen LogP contribution in [0.5, 0.6) is 0 Å². The summed E-state index contributed by atoms with van der Waals surface area (Å²) in [4.78, 5) is 21.5. The fourth-order valence-corrected chi connectivity index (χ4v) is 4.20. The number of benzene rings is 1. The Morgan fingerprint density at radius 2 is 1.91 bits per heavy atom. The summed E-state index contributed by atoms with van der Waals surface area (Å²) in [6, 6.07) is 5.92. The number of aromatic nitrogens is 1. The molecule has 2 saturated heterocycles. The van der Waals surface area contributed by atoms with E-state index in [4.69, 9.17) is 4.98 Å². The van der Waals surface area contributed by atoms with Crippen LogP contribution in [0.15, 0.2) is 18.2 Å². The van der Waals surface area contributed by atoms with Gasteiger partial charge < -0.3 is 15.1 Å². The quantitative estimate of drug-likeness (QED) is 0.920. The highest BCUT2D eigenvalue weighted by atomic mass is 32.1. The summed E-state index contributed by atoms with van der Waals surface area (Å²) in [7, 11) is 0. The maximum atomic E-state index is 12.5. The maximum absolute atomic E-state index is 12.5. The number of amides is 1. The van der Waals surface area contributed by atoms with Gasteiger partial charge in [-0.25, -0.2) is 4.98 Å². The molecule has 2 fully saturated rings. The lowest BCUT2D eigenvalue weighted by Crippen LogP contribution is -2.43. The van der Waals surface area contributed by atoms with E-state index >= 15 is 0 Å². The Balaban J connectivity index is 1.61. The van der Waals surface area contributed by atoms with Gasteiger partial charge in [-0.05, 0) is 31.0 Å². The number of anilines is 1. The Morgan fingerprint density at radius 1 is 1.14 bits per heavy atom. The number of hydrogen-bond donors (Lipinski definition) is 1. The lowest BCUT2D eigenvalue weighted by molar-refractivity contribution is 0.0793. The number of hydrogen-bond acceptors (Lipinski definition) is 5. The molecule has 6 heteroatoms. The van der Waals surface area contributed by atoms with Crippen LogP contribution in [0.3, 0.4) is 0 Å². The van der Waals surface area contributed by atoms with E-state index < -0.39 is 0 Å². The third-order valence-electron chi connectivity index (χ3n) is 4.40. The van der Waals surface area contributed by atoms with Gasteiger partial charge in [0.05, 0.1) is 10.2 Å². The number of likely N-dealkylation sites (tertiary alicyclic amines) is 1. The van der Waals surface area contributed by atoms with Gasteiger partial charge in [-0.2, -0.15) is 0 Å². The molecule has 2 aromatic rings. The second-order valence-corrected chi connectivity index (χ2v) is 6.92. The van der Waals surface area contributed by atoms with Crippen molar-refractivity contribution < 1.29 is 4.79 Å². The van der Waals surface area contributed by atoms with Crippen LogP contribution >= 0.6 is 11.3 Å². The monoisotopic (exact) mass is 316 g/mol. The number of carbonyl (C=O) groups excluding carboxylic acids is 1. The first kappa shape index (κ1) is 14.0. The lowest BCUT2D eigenvalue weighted by Gasteiger charge is -2.26. The van der Waals surface area contributed by atoms with E-state index in [9.17, 15) is 4.79 Å². The molecule has 116 valence electrons. The minimum Gasteiger partial charge on any atom is -0.346 e. The third kappa shape index (κ3) is 2.57. The van der Waals surface area contributed by atoms with Gasteiger partial charge >= 0.3 is 0 Å². The van der Waals surface area contributed by atoms with Crippen molar-refractivity contribution in [3.8, 4) is 0 Å². The minimum absolute atomic E-state index is 0.163. The van der Waals surface area contributed by atoms with Gasteiger partial charge in [0, 0.05) is 44.8 Å². The van der Waals surface area contributed by atoms with Crippen molar-refractivity contribution in [2.45, 2.75) is 12.8 Å². The molecule has 1 aromatic carbocycles. The van der Waals surface area contributed by atoms with Gasteiger partial charge in [-0.1, -0.05) is 11.3 Å². The van der Waals surface area contributed by atoms with Crippen molar-refractivity contribution in [2.24, 2.45) is 0 Å². The number of thiazole rings is 1. The van der Waals surface area contributed by atoms with E-state index in [1.807, 2.05) is 23.1 Å². The number of fused-ring (bicyclic) bond motifs is 1. The van der Waals surface area contributed by atoms with Crippen LogP contribution in [-0.4, -0.2) is 55.1 Å². The third-order valence-corrected chi connectivity index (χ3v) is 5.48. The molecule has 1 aromatic heterocycles. The molecule has 5 nitrogen and oxygen atoms in total. The topological polar surface area (TPSA) is 48.5 Å². The molecule has 22 heavy (non-hydrogen) atoms. The largest absolute Gasteiger partial charge is 0.346 e. The standard InChI is InChI=1S/C16H20N4OS/c21-15(19-7-1-2-8-19)12-3-4-13-14(11-12)22-16(18-13)20-9-5-17-6-10-20/h3-4,11,17H,1-2,5-10H2. The van der Waals surface area contributed by atoms with E-state index in [0.717, 1.165) is 73.0 Å². The van der Waals surface area contributed by atoms with Gasteiger partial charge in [0.2, 0.25) is 0 Å². The highest BCUT2D eigenvalue weighted by Gasteiger charge is 2.21. The molecule has 0 unspecified atom stereocenters. The van der Waals surface area contributed by atoms with Crippen molar-refractivity contribution in [3.05, 3.63) is 23.8 Å². The van der Waals surface area contributed by atoms with Gasteiger partial charge in [0.1, 0.15) is 0 Å². The molecular weight excluding hydrogens is 296 g/mol. The zero-order chi connectivity index (χ0) is 14.9. The first-order valence-corrected chi connectivity index (χ1v) is 8.78. The van der Waals surface area contributed by atoms with Gasteiger partial charge in [-0.15, -0.1) is 0 Å². The number of carbonyl (C=O) groups is 1. The summed E-state index contributed by atoms with van der Waals surface area (Å²) < 4.78 is 1.11. The summed E-state index contributed by atoms with van der Waals surface area (Å²) >= 11 is 1.69. The van der Waals surface area contributed by atoms with E-state index in [0.29, 0.717) is 0 Å². The smallest absolute Gasteiger partial charge is 0.253 e. The molecule has 0 bridgehead atoms. The fourth-order valence-electron chi connectivity index (χ4n) is 3.14. The van der Waals surface area contributed by atoms with Gasteiger partial charge in [-0.3, -0.25) is 4.79 Å². The molecule has 0 saturated carbocycles. The summed E-state index contributed by atoms with van der Waals surface area (Å²) in [5, 5.41) is 4.43. The number of piperazine rings is 1. The first-order chi connectivity index (χ1) is 10.8. The maximum Gasteiger partial charge on any atom is 0.253 e. The number of nitrogens with zero attached hydrogens (tertiary/aromatic N) is 3. The molecule has 0 radical (unpaired) electrons. The molecule has 0 aliphatic carbocycles. The second-order valence-electron chi connectivity index (χ2n) is 5.92. The zero-order valence-corrected chi connectivity index (χ0v) is 13.4. The van der Waals surface area contributed by atoms with Crippen LogP contribution in [0.25, 0.3) is 10.2 Å². The Morgan fingerprint density at radius 3 is 2.68 bits per heavy atom.